The molecule has 0 saturated heterocycles. The van der Waals surface area contributed by atoms with Gasteiger partial charge in [0.2, 0.25) is 0 Å². The second kappa shape index (κ2) is 7.84. The fraction of sp³-hybridized carbons (Fsp3) is 0.765. The highest BCUT2D eigenvalue weighted by molar-refractivity contribution is 5.20. The van der Waals surface area contributed by atoms with E-state index >= 15 is 0 Å². The number of nitrogens with zero attached hydrogens (tertiary/aromatic N) is 1. The molecule has 0 spiro atoms. The fourth-order valence-electron chi connectivity index (χ4n) is 2.81. The molecule has 1 heterocycles. The summed E-state index contributed by atoms with van der Waals surface area (Å²) in [4.78, 5) is 2.56. The minimum absolute atomic E-state index is 0.851. The first-order valence-corrected chi connectivity index (χ1v) is 8.24. The number of hydrogen-bond donors (Lipinski definition) is 1. The molecule has 3 nitrogen and oxygen atoms in total. The van der Waals surface area contributed by atoms with E-state index in [-0.39, 0.29) is 0 Å². The van der Waals surface area contributed by atoms with Gasteiger partial charge < -0.3 is 9.73 Å². The molecule has 1 aromatic rings. The van der Waals surface area contributed by atoms with Crippen LogP contribution in [0.5, 0.6) is 0 Å². The van der Waals surface area contributed by atoms with Crippen molar-refractivity contribution in [2.75, 3.05) is 19.6 Å². The lowest BCUT2D eigenvalue weighted by atomic mass is 9.85. The van der Waals surface area contributed by atoms with Crippen molar-refractivity contribution < 1.29 is 4.42 Å². The second-order valence-corrected chi connectivity index (χ2v) is 6.10. The first-order chi connectivity index (χ1) is 9.72. The Balaban J connectivity index is 1.86. The predicted molar refractivity (Wildman–Crippen MR) is 83.7 cm³/mol. The van der Waals surface area contributed by atoms with E-state index in [0.717, 1.165) is 50.0 Å². The Morgan fingerprint density at radius 1 is 1.35 bits per heavy atom. The van der Waals surface area contributed by atoms with E-state index in [1.807, 2.05) is 0 Å². The van der Waals surface area contributed by atoms with Gasteiger partial charge in [0.1, 0.15) is 11.5 Å². The van der Waals surface area contributed by atoms with Crippen LogP contribution in [-0.4, -0.2) is 24.5 Å². The summed E-state index contributed by atoms with van der Waals surface area (Å²) in [5.41, 5.74) is 1.36. The van der Waals surface area contributed by atoms with Crippen LogP contribution >= 0.6 is 0 Å². The maximum atomic E-state index is 5.86. The van der Waals surface area contributed by atoms with Gasteiger partial charge in [-0.25, -0.2) is 0 Å². The molecule has 1 fully saturated rings. The van der Waals surface area contributed by atoms with Gasteiger partial charge in [-0.2, -0.15) is 0 Å². The van der Waals surface area contributed by atoms with Crippen LogP contribution in [0, 0.1) is 12.8 Å². The Morgan fingerprint density at radius 3 is 2.75 bits per heavy atom. The number of nitrogens with one attached hydrogen (secondary N) is 1. The Morgan fingerprint density at radius 2 is 2.15 bits per heavy atom. The highest BCUT2D eigenvalue weighted by Gasteiger charge is 2.21. The van der Waals surface area contributed by atoms with Gasteiger partial charge in [-0.15, -0.1) is 0 Å². The van der Waals surface area contributed by atoms with E-state index in [4.69, 9.17) is 4.42 Å². The molecule has 3 heteroatoms. The molecule has 0 radical (unpaired) electrons. The predicted octanol–water partition coefficient (Wildman–Crippen LogP) is 3.71. The summed E-state index contributed by atoms with van der Waals surface area (Å²) in [5, 5.41) is 3.40. The zero-order valence-electron chi connectivity index (χ0n) is 13.4. The minimum Gasteiger partial charge on any atom is -0.465 e. The van der Waals surface area contributed by atoms with Crippen molar-refractivity contribution in [2.24, 2.45) is 5.92 Å². The molecule has 1 aromatic heterocycles. The number of rotatable bonds is 9. The van der Waals surface area contributed by atoms with E-state index in [0.29, 0.717) is 0 Å². The summed E-state index contributed by atoms with van der Waals surface area (Å²) < 4.78 is 5.86. The third-order valence-electron chi connectivity index (χ3n) is 4.38. The van der Waals surface area contributed by atoms with Crippen LogP contribution in [0.4, 0.5) is 0 Å². The van der Waals surface area contributed by atoms with E-state index in [9.17, 15) is 0 Å². The van der Waals surface area contributed by atoms with Crippen LogP contribution in [0.2, 0.25) is 0 Å². The van der Waals surface area contributed by atoms with E-state index in [2.05, 4.69) is 37.1 Å². The van der Waals surface area contributed by atoms with Crippen LogP contribution in [0.1, 0.15) is 56.6 Å². The fourth-order valence-corrected chi connectivity index (χ4v) is 2.81. The van der Waals surface area contributed by atoms with Crippen molar-refractivity contribution in [3.05, 3.63) is 23.2 Å². The van der Waals surface area contributed by atoms with Crippen molar-refractivity contribution in [1.29, 1.82) is 0 Å². The maximum Gasteiger partial charge on any atom is 0.118 e. The van der Waals surface area contributed by atoms with Crippen molar-refractivity contribution >= 4 is 0 Å². The smallest absolute Gasteiger partial charge is 0.118 e. The van der Waals surface area contributed by atoms with Gasteiger partial charge in [-0.05, 0) is 51.3 Å². The van der Waals surface area contributed by atoms with Crippen molar-refractivity contribution in [2.45, 2.75) is 59.5 Å². The molecule has 0 bridgehead atoms. The standard InChI is InChI=1S/C17H30N2O/c1-4-9-18-11-17-10-16(14(3)20-17)13-19(5-2)12-15-7-6-8-15/h10,15,18H,4-9,11-13H2,1-3H3. The summed E-state index contributed by atoms with van der Waals surface area (Å²) >= 11 is 0. The van der Waals surface area contributed by atoms with E-state index in [1.165, 1.54) is 31.4 Å². The number of furan rings is 1. The van der Waals surface area contributed by atoms with E-state index < -0.39 is 0 Å². The van der Waals surface area contributed by atoms with Crippen LogP contribution in [-0.2, 0) is 13.1 Å². The Labute approximate surface area is 123 Å². The van der Waals surface area contributed by atoms with Gasteiger partial charge >= 0.3 is 0 Å². The van der Waals surface area contributed by atoms with Gasteiger partial charge in [0.05, 0.1) is 6.54 Å². The molecule has 2 rings (SSSR count). The topological polar surface area (TPSA) is 28.4 Å². The molecule has 0 aromatic carbocycles. The summed E-state index contributed by atoms with van der Waals surface area (Å²) in [7, 11) is 0. The van der Waals surface area contributed by atoms with Crippen LogP contribution < -0.4 is 5.32 Å². The summed E-state index contributed by atoms with van der Waals surface area (Å²) in [5.74, 6) is 3.10. The molecule has 1 aliphatic rings. The van der Waals surface area contributed by atoms with Gasteiger partial charge in [-0.3, -0.25) is 4.90 Å². The normalized spacial score (nSPS) is 15.8. The Hall–Kier alpha value is -0.800. The van der Waals surface area contributed by atoms with Crippen molar-refractivity contribution in [3.8, 4) is 0 Å². The third-order valence-corrected chi connectivity index (χ3v) is 4.38. The highest BCUT2D eigenvalue weighted by atomic mass is 16.3. The zero-order chi connectivity index (χ0) is 14.4. The minimum atomic E-state index is 0.851. The lowest BCUT2D eigenvalue weighted by Gasteiger charge is -2.31. The first-order valence-electron chi connectivity index (χ1n) is 8.24. The largest absolute Gasteiger partial charge is 0.465 e. The zero-order valence-corrected chi connectivity index (χ0v) is 13.4. The van der Waals surface area contributed by atoms with Gasteiger partial charge in [0.15, 0.2) is 0 Å². The molecule has 1 N–H and O–H groups in total. The molecule has 0 unspecified atom stereocenters. The molecule has 0 atom stereocenters. The summed E-state index contributed by atoms with van der Waals surface area (Å²) in [6.45, 7) is 11.9. The molecule has 1 aliphatic carbocycles. The van der Waals surface area contributed by atoms with Crippen LogP contribution in [0.25, 0.3) is 0 Å². The van der Waals surface area contributed by atoms with Crippen molar-refractivity contribution in [3.63, 3.8) is 0 Å². The van der Waals surface area contributed by atoms with Crippen LogP contribution in [0.3, 0.4) is 0 Å². The average Bonchev–Trinajstić information content (AvgIpc) is 2.73. The van der Waals surface area contributed by atoms with E-state index in [1.54, 1.807) is 0 Å². The molecule has 20 heavy (non-hydrogen) atoms. The molecule has 0 aliphatic heterocycles. The maximum absolute atomic E-state index is 5.86. The molecular weight excluding hydrogens is 248 g/mol. The second-order valence-electron chi connectivity index (χ2n) is 6.10. The van der Waals surface area contributed by atoms with Crippen molar-refractivity contribution in [1.82, 2.24) is 10.2 Å². The van der Waals surface area contributed by atoms with Gasteiger partial charge in [-0.1, -0.05) is 20.3 Å². The average molecular weight is 278 g/mol. The lowest BCUT2D eigenvalue weighted by Crippen LogP contribution is -2.32. The van der Waals surface area contributed by atoms with Gasteiger partial charge in [0.25, 0.3) is 0 Å². The van der Waals surface area contributed by atoms with Crippen LogP contribution in [0.15, 0.2) is 10.5 Å². The molecule has 0 amide bonds. The molecule has 1 saturated carbocycles. The lowest BCUT2D eigenvalue weighted by molar-refractivity contribution is 0.177. The molecule has 114 valence electrons. The third kappa shape index (κ3) is 4.35. The Bertz CT molecular complexity index is 396. The molecular formula is C17H30N2O. The SMILES string of the molecule is CCCNCc1cc(CN(CC)CC2CCC2)c(C)o1. The first kappa shape index (κ1) is 15.6. The van der Waals surface area contributed by atoms with Gasteiger partial charge in [0, 0.05) is 18.7 Å². The Kier molecular flexibility index (Phi) is 6.11. The summed E-state index contributed by atoms with van der Waals surface area (Å²) in [6, 6.07) is 2.24. The monoisotopic (exact) mass is 278 g/mol. The number of aryl methyl sites for hydroxylation is 1. The number of hydrogen-bond acceptors (Lipinski definition) is 3. The quantitative estimate of drug-likeness (QED) is 0.698. The highest BCUT2D eigenvalue weighted by Crippen LogP contribution is 2.28. The summed E-state index contributed by atoms with van der Waals surface area (Å²) in [6.07, 6.45) is 5.44.